The molecule has 160 valence electrons. The number of carbonyl (C=O) groups is 2. The zero-order chi connectivity index (χ0) is 22.1. The fourth-order valence-corrected chi connectivity index (χ4v) is 4.42. The number of anilines is 1. The molecule has 1 aliphatic rings. The van der Waals surface area contributed by atoms with E-state index in [0.29, 0.717) is 12.5 Å². The summed E-state index contributed by atoms with van der Waals surface area (Å²) in [5.74, 6) is -1.29. The van der Waals surface area contributed by atoms with Gasteiger partial charge in [0.1, 0.15) is 0 Å². The average molecular weight is 425 g/mol. The van der Waals surface area contributed by atoms with Gasteiger partial charge in [0.25, 0.3) is 0 Å². The summed E-state index contributed by atoms with van der Waals surface area (Å²) < 4.78 is 7.40. The van der Waals surface area contributed by atoms with E-state index >= 15 is 0 Å². The molecule has 2 atom stereocenters. The number of esters is 1. The summed E-state index contributed by atoms with van der Waals surface area (Å²) in [5.41, 5.74) is 3.47. The summed E-state index contributed by atoms with van der Waals surface area (Å²) in [7, 11) is 0. The number of hydrogen-bond donors (Lipinski definition) is 0. The van der Waals surface area contributed by atoms with Crippen LogP contribution in [0.5, 0.6) is 0 Å². The molecule has 32 heavy (non-hydrogen) atoms. The third kappa shape index (κ3) is 3.34. The van der Waals surface area contributed by atoms with Gasteiger partial charge in [-0.15, -0.1) is 0 Å². The normalized spacial score (nSPS) is 17.9. The predicted octanol–water partition coefficient (Wildman–Crippen LogP) is 4.35. The summed E-state index contributed by atoms with van der Waals surface area (Å²) in [6.45, 7) is 2.28. The van der Waals surface area contributed by atoms with Gasteiger partial charge in [-0.3, -0.25) is 14.5 Å². The maximum Gasteiger partial charge on any atom is 0.321 e. The molecule has 0 aliphatic carbocycles. The van der Waals surface area contributed by atoms with Gasteiger partial charge >= 0.3 is 5.97 Å². The highest BCUT2D eigenvalue weighted by Crippen LogP contribution is 2.41. The minimum absolute atomic E-state index is 0.209. The van der Waals surface area contributed by atoms with Gasteiger partial charge in [0.05, 0.1) is 30.2 Å². The van der Waals surface area contributed by atoms with Gasteiger partial charge in [-0.25, -0.2) is 4.98 Å². The Morgan fingerprint density at radius 3 is 2.31 bits per heavy atom. The number of aromatic nitrogens is 2. The van der Waals surface area contributed by atoms with Crippen molar-refractivity contribution in [3.63, 3.8) is 0 Å². The zero-order valence-corrected chi connectivity index (χ0v) is 17.7. The lowest BCUT2D eigenvalue weighted by atomic mass is 9.89. The molecule has 1 amide bonds. The molecule has 6 nitrogen and oxygen atoms in total. The number of ether oxygens (including phenoxy) is 1. The van der Waals surface area contributed by atoms with Gasteiger partial charge in [0, 0.05) is 0 Å². The molecule has 0 N–H and O–H groups in total. The zero-order valence-electron chi connectivity index (χ0n) is 17.7. The highest BCUT2D eigenvalue weighted by Gasteiger charge is 2.47. The molecular weight excluding hydrogens is 402 g/mol. The Morgan fingerprint density at radius 1 is 0.938 bits per heavy atom. The first-order chi connectivity index (χ1) is 15.7. The maximum absolute atomic E-state index is 13.8. The van der Waals surface area contributed by atoms with Crippen molar-refractivity contribution in [2.75, 3.05) is 11.5 Å². The first kappa shape index (κ1) is 20.0. The lowest BCUT2D eigenvalue weighted by molar-refractivity contribution is -0.153. The van der Waals surface area contributed by atoms with Crippen molar-refractivity contribution in [1.29, 1.82) is 0 Å². The van der Waals surface area contributed by atoms with Crippen molar-refractivity contribution in [3.05, 3.63) is 96.1 Å². The van der Waals surface area contributed by atoms with Crippen molar-refractivity contribution < 1.29 is 14.3 Å². The highest BCUT2D eigenvalue weighted by atomic mass is 16.5. The first-order valence-corrected chi connectivity index (χ1v) is 10.7. The first-order valence-electron chi connectivity index (χ1n) is 10.7. The van der Waals surface area contributed by atoms with Crippen LogP contribution in [0.3, 0.4) is 0 Å². The molecule has 4 aromatic rings. The number of nitrogens with zero attached hydrogens (tertiary/aromatic N) is 3. The lowest BCUT2D eigenvalue weighted by Crippen LogP contribution is -2.49. The summed E-state index contributed by atoms with van der Waals surface area (Å²) >= 11 is 0. The van der Waals surface area contributed by atoms with Crippen LogP contribution < -0.4 is 4.90 Å². The molecule has 0 radical (unpaired) electrons. The number of fused-ring (bicyclic) bond motifs is 3. The van der Waals surface area contributed by atoms with E-state index in [2.05, 4.69) is 0 Å². The van der Waals surface area contributed by atoms with Crippen molar-refractivity contribution in [2.24, 2.45) is 5.92 Å². The molecule has 0 saturated heterocycles. The Labute approximate surface area is 186 Å². The van der Waals surface area contributed by atoms with E-state index in [0.717, 1.165) is 22.2 Å². The standard InChI is InChI=1S/C26H23N3O3/c1-2-32-25(31)22-23(19-13-7-4-8-14-19)29-21-16-10-9-15-20(21)27-26(29)28(24(22)30)17-18-11-5-3-6-12-18/h3-16,22-23H,2,17H2,1H3. The van der Waals surface area contributed by atoms with Crippen LogP contribution in [0.1, 0.15) is 24.1 Å². The number of imidazole rings is 1. The van der Waals surface area contributed by atoms with Crippen LogP contribution in [-0.2, 0) is 20.9 Å². The molecule has 3 aromatic carbocycles. The van der Waals surface area contributed by atoms with Crippen LogP contribution in [-0.4, -0.2) is 28.0 Å². The van der Waals surface area contributed by atoms with E-state index in [4.69, 9.17) is 9.72 Å². The molecule has 0 spiro atoms. The summed E-state index contributed by atoms with van der Waals surface area (Å²) in [4.78, 5) is 33.4. The average Bonchev–Trinajstić information content (AvgIpc) is 3.21. The van der Waals surface area contributed by atoms with E-state index in [1.807, 2.05) is 89.5 Å². The molecule has 1 aromatic heterocycles. The number of rotatable bonds is 5. The Kier molecular flexibility index (Phi) is 5.19. The molecule has 2 heterocycles. The SMILES string of the molecule is CCOC(=O)C1C(=O)N(Cc2ccccc2)c2nc3ccccc3n2C1c1ccccc1. The van der Waals surface area contributed by atoms with Crippen LogP contribution in [0.25, 0.3) is 11.0 Å². The Hall–Kier alpha value is -3.93. The molecular formula is C26H23N3O3. The Bertz CT molecular complexity index is 1270. The van der Waals surface area contributed by atoms with Gasteiger partial charge in [-0.1, -0.05) is 72.8 Å². The monoisotopic (exact) mass is 425 g/mol. The molecule has 0 fully saturated rings. The van der Waals surface area contributed by atoms with Crippen molar-refractivity contribution >= 4 is 28.9 Å². The largest absolute Gasteiger partial charge is 0.465 e. The second kappa shape index (κ2) is 8.30. The van der Waals surface area contributed by atoms with E-state index in [-0.39, 0.29) is 12.5 Å². The quantitative estimate of drug-likeness (QED) is 0.352. The van der Waals surface area contributed by atoms with Gasteiger partial charge in [0.15, 0.2) is 5.92 Å². The third-order valence-electron chi connectivity index (χ3n) is 5.81. The van der Waals surface area contributed by atoms with Gasteiger partial charge in [-0.05, 0) is 30.2 Å². The summed E-state index contributed by atoms with van der Waals surface area (Å²) in [6, 6.07) is 26.6. The minimum atomic E-state index is -1.01. The van der Waals surface area contributed by atoms with Crippen molar-refractivity contribution in [2.45, 2.75) is 19.5 Å². The second-order valence-corrected chi connectivity index (χ2v) is 7.77. The number of carbonyl (C=O) groups excluding carboxylic acids is 2. The number of para-hydroxylation sites is 2. The fourth-order valence-electron chi connectivity index (χ4n) is 4.42. The third-order valence-corrected chi connectivity index (χ3v) is 5.81. The minimum Gasteiger partial charge on any atom is -0.465 e. The Morgan fingerprint density at radius 2 is 1.59 bits per heavy atom. The second-order valence-electron chi connectivity index (χ2n) is 7.77. The van der Waals surface area contributed by atoms with Gasteiger partial charge in [-0.2, -0.15) is 0 Å². The van der Waals surface area contributed by atoms with Crippen molar-refractivity contribution in [1.82, 2.24) is 9.55 Å². The van der Waals surface area contributed by atoms with E-state index < -0.39 is 17.9 Å². The van der Waals surface area contributed by atoms with Crippen LogP contribution in [0.15, 0.2) is 84.9 Å². The lowest BCUT2D eigenvalue weighted by Gasteiger charge is -2.38. The smallest absolute Gasteiger partial charge is 0.321 e. The van der Waals surface area contributed by atoms with Crippen LogP contribution >= 0.6 is 0 Å². The number of hydrogen-bond acceptors (Lipinski definition) is 4. The molecule has 0 bridgehead atoms. The van der Waals surface area contributed by atoms with Crippen LogP contribution in [0, 0.1) is 5.92 Å². The Balaban J connectivity index is 1.75. The van der Waals surface area contributed by atoms with E-state index in [1.165, 1.54) is 0 Å². The predicted molar refractivity (Wildman–Crippen MR) is 122 cm³/mol. The van der Waals surface area contributed by atoms with E-state index in [9.17, 15) is 9.59 Å². The molecule has 0 saturated carbocycles. The van der Waals surface area contributed by atoms with Gasteiger partial charge < -0.3 is 9.30 Å². The van der Waals surface area contributed by atoms with Crippen molar-refractivity contribution in [3.8, 4) is 0 Å². The summed E-state index contributed by atoms with van der Waals surface area (Å²) in [5, 5.41) is 0. The van der Waals surface area contributed by atoms with Gasteiger partial charge in [0.2, 0.25) is 11.9 Å². The number of amides is 1. The number of benzene rings is 3. The molecule has 2 unspecified atom stereocenters. The molecule has 1 aliphatic heterocycles. The van der Waals surface area contributed by atoms with E-state index in [1.54, 1.807) is 11.8 Å². The molecule has 6 heteroatoms. The fraction of sp³-hybridized carbons (Fsp3) is 0.192. The van der Waals surface area contributed by atoms with Crippen LogP contribution in [0.2, 0.25) is 0 Å². The van der Waals surface area contributed by atoms with Crippen LogP contribution in [0.4, 0.5) is 5.95 Å². The highest BCUT2D eigenvalue weighted by molar-refractivity contribution is 6.08. The summed E-state index contributed by atoms with van der Waals surface area (Å²) in [6.07, 6.45) is 0. The molecule has 5 rings (SSSR count). The topological polar surface area (TPSA) is 64.4 Å². The maximum atomic E-state index is 13.8.